The highest BCUT2D eigenvalue weighted by atomic mass is 16.3. The summed E-state index contributed by atoms with van der Waals surface area (Å²) in [6, 6.07) is 0. The van der Waals surface area contributed by atoms with Gasteiger partial charge in [0.1, 0.15) is 11.5 Å². The van der Waals surface area contributed by atoms with E-state index in [0.29, 0.717) is 31.0 Å². The summed E-state index contributed by atoms with van der Waals surface area (Å²) in [5.74, 6) is 1.40. The summed E-state index contributed by atoms with van der Waals surface area (Å²) >= 11 is 0. The molecule has 122 valence electrons. The summed E-state index contributed by atoms with van der Waals surface area (Å²) in [4.78, 5) is 26.7. The minimum absolute atomic E-state index is 0.0140. The zero-order valence-electron chi connectivity index (χ0n) is 14.0. The normalized spacial score (nSPS) is 18.4. The number of piperidine rings is 1. The van der Waals surface area contributed by atoms with Crippen LogP contribution in [0.2, 0.25) is 0 Å². The van der Waals surface area contributed by atoms with Crippen molar-refractivity contribution in [1.82, 2.24) is 10.2 Å². The lowest BCUT2D eigenvalue weighted by Crippen LogP contribution is -2.45. The van der Waals surface area contributed by atoms with Crippen LogP contribution in [0.25, 0.3) is 0 Å². The number of rotatable bonds is 4. The van der Waals surface area contributed by atoms with E-state index in [1.54, 1.807) is 4.90 Å². The zero-order chi connectivity index (χ0) is 16.3. The van der Waals surface area contributed by atoms with Crippen molar-refractivity contribution in [3.63, 3.8) is 0 Å². The molecule has 0 aliphatic carbocycles. The third-order valence-corrected chi connectivity index (χ3v) is 4.40. The van der Waals surface area contributed by atoms with E-state index in [9.17, 15) is 9.59 Å². The van der Waals surface area contributed by atoms with Crippen LogP contribution in [0.1, 0.15) is 53.6 Å². The van der Waals surface area contributed by atoms with Crippen LogP contribution in [0.4, 0.5) is 0 Å². The SMILES string of the molecule is CCCNC(=O)[C@H]1CCCN(C(=O)c2c(C)oc(C)c2C)C1. The van der Waals surface area contributed by atoms with Crippen LogP contribution in [0.15, 0.2) is 4.42 Å². The fourth-order valence-corrected chi connectivity index (χ4v) is 3.03. The highest BCUT2D eigenvalue weighted by molar-refractivity contribution is 5.97. The molecular formula is C17H26N2O3. The van der Waals surface area contributed by atoms with Crippen molar-refractivity contribution in [1.29, 1.82) is 0 Å². The Morgan fingerprint density at radius 1 is 1.27 bits per heavy atom. The summed E-state index contributed by atoms with van der Waals surface area (Å²) in [5.41, 5.74) is 1.56. The van der Waals surface area contributed by atoms with Gasteiger partial charge in [-0.1, -0.05) is 6.92 Å². The van der Waals surface area contributed by atoms with Crippen LogP contribution in [-0.4, -0.2) is 36.3 Å². The maximum atomic E-state index is 12.8. The number of carbonyl (C=O) groups is 2. The third-order valence-electron chi connectivity index (χ3n) is 4.40. The number of amides is 2. The van der Waals surface area contributed by atoms with Crippen molar-refractivity contribution in [3.05, 3.63) is 22.6 Å². The number of aryl methyl sites for hydroxylation is 2. The Bertz CT molecular complexity index is 562. The summed E-state index contributed by atoms with van der Waals surface area (Å²) in [6.45, 7) is 9.54. The second kappa shape index (κ2) is 6.99. The molecule has 0 saturated carbocycles. The van der Waals surface area contributed by atoms with Crippen LogP contribution in [0, 0.1) is 26.7 Å². The molecule has 2 amide bonds. The van der Waals surface area contributed by atoms with E-state index in [2.05, 4.69) is 5.32 Å². The van der Waals surface area contributed by atoms with Crippen LogP contribution < -0.4 is 5.32 Å². The molecule has 5 nitrogen and oxygen atoms in total. The maximum absolute atomic E-state index is 12.8. The van der Waals surface area contributed by atoms with Crippen molar-refractivity contribution < 1.29 is 14.0 Å². The molecule has 0 aromatic carbocycles. The Labute approximate surface area is 132 Å². The molecule has 1 aromatic heterocycles. The highest BCUT2D eigenvalue weighted by Crippen LogP contribution is 2.25. The van der Waals surface area contributed by atoms with E-state index in [1.807, 2.05) is 27.7 Å². The Morgan fingerprint density at radius 3 is 2.59 bits per heavy atom. The van der Waals surface area contributed by atoms with Gasteiger partial charge in [0.25, 0.3) is 5.91 Å². The van der Waals surface area contributed by atoms with Gasteiger partial charge < -0.3 is 14.6 Å². The first-order valence-corrected chi connectivity index (χ1v) is 8.09. The first kappa shape index (κ1) is 16.6. The van der Waals surface area contributed by atoms with Gasteiger partial charge in [-0.05, 0) is 40.0 Å². The summed E-state index contributed by atoms with van der Waals surface area (Å²) < 4.78 is 5.56. The Balaban J connectivity index is 2.08. The van der Waals surface area contributed by atoms with E-state index in [4.69, 9.17) is 4.42 Å². The molecule has 0 bridgehead atoms. The van der Waals surface area contributed by atoms with Gasteiger partial charge in [-0.15, -0.1) is 0 Å². The van der Waals surface area contributed by atoms with Crippen molar-refractivity contribution in [3.8, 4) is 0 Å². The van der Waals surface area contributed by atoms with Gasteiger partial charge >= 0.3 is 0 Å². The second-order valence-electron chi connectivity index (χ2n) is 6.10. The van der Waals surface area contributed by atoms with Crippen LogP contribution in [0.3, 0.4) is 0 Å². The molecular weight excluding hydrogens is 280 g/mol. The van der Waals surface area contributed by atoms with Crippen LogP contribution >= 0.6 is 0 Å². The van der Waals surface area contributed by atoms with Gasteiger partial charge in [-0.2, -0.15) is 0 Å². The number of nitrogens with zero attached hydrogens (tertiary/aromatic N) is 1. The topological polar surface area (TPSA) is 62.6 Å². The molecule has 1 atom stereocenters. The Kier molecular flexibility index (Phi) is 5.27. The molecule has 1 aromatic rings. The molecule has 2 heterocycles. The van der Waals surface area contributed by atoms with Gasteiger partial charge in [-0.25, -0.2) is 0 Å². The van der Waals surface area contributed by atoms with E-state index in [-0.39, 0.29) is 17.7 Å². The van der Waals surface area contributed by atoms with Crippen LogP contribution in [-0.2, 0) is 4.79 Å². The number of hydrogen-bond acceptors (Lipinski definition) is 3. The quantitative estimate of drug-likeness (QED) is 0.930. The first-order valence-electron chi connectivity index (χ1n) is 8.09. The van der Waals surface area contributed by atoms with Crippen molar-refractivity contribution in [2.75, 3.05) is 19.6 Å². The number of furan rings is 1. The smallest absolute Gasteiger partial charge is 0.257 e. The molecule has 5 heteroatoms. The van der Waals surface area contributed by atoms with Crippen molar-refractivity contribution in [2.45, 2.75) is 47.0 Å². The molecule has 0 spiro atoms. The van der Waals surface area contributed by atoms with Crippen molar-refractivity contribution in [2.24, 2.45) is 5.92 Å². The fourth-order valence-electron chi connectivity index (χ4n) is 3.03. The predicted molar refractivity (Wildman–Crippen MR) is 84.8 cm³/mol. The number of nitrogens with one attached hydrogen (secondary N) is 1. The highest BCUT2D eigenvalue weighted by Gasteiger charge is 2.31. The van der Waals surface area contributed by atoms with E-state index in [0.717, 1.165) is 30.6 Å². The predicted octanol–water partition coefficient (Wildman–Crippen LogP) is 2.58. The zero-order valence-corrected chi connectivity index (χ0v) is 14.0. The third kappa shape index (κ3) is 3.34. The van der Waals surface area contributed by atoms with E-state index >= 15 is 0 Å². The number of hydrogen-bond donors (Lipinski definition) is 1. The Morgan fingerprint density at radius 2 is 2.00 bits per heavy atom. The van der Waals surface area contributed by atoms with Gasteiger partial charge in [0, 0.05) is 25.2 Å². The first-order chi connectivity index (χ1) is 10.5. The lowest BCUT2D eigenvalue weighted by molar-refractivity contribution is -0.126. The minimum atomic E-state index is -0.0992. The molecule has 1 saturated heterocycles. The molecule has 1 fully saturated rings. The van der Waals surface area contributed by atoms with E-state index in [1.165, 1.54) is 0 Å². The fraction of sp³-hybridized carbons (Fsp3) is 0.647. The standard InChI is InChI=1S/C17H26N2O3/c1-5-8-18-16(20)14-7-6-9-19(10-14)17(21)15-11(2)12(3)22-13(15)4/h14H,5-10H2,1-4H3,(H,18,20)/t14-/m0/s1. The minimum Gasteiger partial charge on any atom is -0.466 e. The molecule has 0 radical (unpaired) electrons. The Hall–Kier alpha value is -1.78. The maximum Gasteiger partial charge on any atom is 0.257 e. The lowest BCUT2D eigenvalue weighted by atomic mass is 9.96. The van der Waals surface area contributed by atoms with Crippen molar-refractivity contribution >= 4 is 11.8 Å². The van der Waals surface area contributed by atoms with Crippen LogP contribution in [0.5, 0.6) is 0 Å². The average molecular weight is 306 g/mol. The molecule has 22 heavy (non-hydrogen) atoms. The second-order valence-corrected chi connectivity index (χ2v) is 6.10. The largest absolute Gasteiger partial charge is 0.466 e. The lowest BCUT2D eigenvalue weighted by Gasteiger charge is -2.32. The molecule has 2 rings (SSSR count). The van der Waals surface area contributed by atoms with Gasteiger partial charge in [-0.3, -0.25) is 9.59 Å². The monoisotopic (exact) mass is 306 g/mol. The van der Waals surface area contributed by atoms with Gasteiger partial charge in [0.2, 0.25) is 5.91 Å². The number of carbonyl (C=O) groups excluding carboxylic acids is 2. The molecule has 0 unspecified atom stereocenters. The average Bonchev–Trinajstić information content (AvgIpc) is 2.77. The molecule has 1 aliphatic heterocycles. The van der Waals surface area contributed by atoms with Gasteiger partial charge in [0.05, 0.1) is 11.5 Å². The summed E-state index contributed by atoms with van der Waals surface area (Å²) in [5, 5.41) is 2.93. The molecule has 1 aliphatic rings. The van der Waals surface area contributed by atoms with Gasteiger partial charge in [0.15, 0.2) is 0 Å². The number of likely N-dealkylation sites (tertiary alicyclic amines) is 1. The summed E-state index contributed by atoms with van der Waals surface area (Å²) in [7, 11) is 0. The summed E-state index contributed by atoms with van der Waals surface area (Å²) in [6.07, 6.45) is 2.64. The molecule has 1 N–H and O–H groups in total. The van der Waals surface area contributed by atoms with E-state index < -0.39 is 0 Å².